The van der Waals surface area contributed by atoms with Gasteiger partial charge >= 0.3 is 5.97 Å². The van der Waals surface area contributed by atoms with Crippen molar-refractivity contribution in [3.05, 3.63) is 59.9 Å². The van der Waals surface area contributed by atoms with Crippen molar-refractivity contribution in [1.82, 2.24) is 10.2 Å². The maximum absolute atomic E-state index is 12.1. The number of hydrogen-bond donors (Lipinski definition) is 2. The number of rotatable bonds is 8. The molecule has 2 aliphatic carbocycles. The highest BCUT2D eigenvalue weighted by molar-refractivity contribution is 7.98. The topological polar surface area (TPSA) is 64.9 Å². The van der Waals surface area contributed by atoms with Crippen LogP contribution >= 0.6 is 11.8 Å². The molecular formula is C24H31N3O2S. The van der Waals surface area contributed by atoms with Crippen LogP contribution in [0.1, 0.15) is 25.7 Å². The summed E-state index contributed by atoms with van der Waals surface area (Å²) in [4.78, 5) is 19.1. The number of nitrogens with zero attached hydrogens (tertiary/aromatic N) is 2. The van der Waals surface area contributed by atoms with E-state index < -0.39 is 12.0 Å². The Bertz CT molecular complexity index is 839. The predicted molar refractivity (Wildman–Crippen MR) is 125 cm³/mol. The fourth-order valence-corrected chi connectivity index (χ4v) is 5.30. The van der Waals surface area contributed by atoms with Gasteiger partial charge in [-0.05, 0) is 43.6 Å². The first-order chi connectivity index (χ1) is 14.6. The molecule has 0 radical (unpaired) electrons. The lowest BCUT2D eigenvalue weighted by Gasteiger charge is -2.36. The van der Waals surface area contributed by atoms with Crippen molar-refractivity contribution in [3.8, 4) is 0 Å². The summed E-state index contributed by atoms with van der Waals surface area (Å²) in [6.07, 6.45) is 23.6. The van der Waals surface area contributed by atoms with Gasteiger partial charge in [0.25, 0.3) is 0 Å². The van der Waals surface area contributed by atoms with E-state index in [2.05, 4.69) is 58.8 Å². The summed E-state index contributed by atoms with van der Waals surface area (Å²) in [6, 6.07) is -0.0846. The summed E-state index contributed by atoms with van der Waals surface area (Å²) in [7, 11) is 0. The second-order valence-electron chi connectivity index (χ2n) is 8.40. The van der Waals surface area contributed by atoms with Gasteiger partial charge in [0, 0.05) is 42.6 Å². The van der Waals surface area contributed by atoms with Gasteiger partial charge in [0.15, 0.2) is 0 Å². The fourth-order valence-electron chi connectivity index (χ4n) is 4.63. The van der Waals surface area contributed by atoms with E-state index in [-0.39, 0.29) is 6.04 Å². The first-order valence-corrected chi connectivity index (χ1v) is 12.2. The summed E-state index contributed by atoms with van der Waals surface area (Å²) in [5, 5.41) is 13.6. The molecule has 2 heterocycles. The lowest BCUT2D eigenvalue weighted by Crippen LogP contribution is -2.52. The van der Waals surface area contributed by atoms with E-state index in [0.29, 0.717) is 30.8 Å². The molecule has 0 aromatic carbocycles. The number of fused-ring (bicyclic) bond motifs is 2. The van der Waals surface area contributed by atoms with E-state index in [1.165, 1.54) is 5.57 Å². The van der Waals surface area contributed by atoms with Gasteiger partial charge in [-0.25, -0.2) is 0 Å². The Hall–Kier alpha value is -1.89. The maximum atomic E-state index is 12.1. The maximum Gasteiger partial charge on any atom is 0.321 e. The molecule has 0 amide bonds. The second kappa shape index (κ2) is 9.94. The number of nitrogens with one attached hydrogen (secondary N) is 1. The van der Waals surface area contributed by atoms with E-state index >= 15 is 0 Å². The van der Waals surface area contributed by atoms with Crippen molar-refractivity contribution in [2.24, 2.45) is 10.9 Å². The molecule has 0 aromatic rings. The smallest absolute Gasteiger partial charge is 0.321 e. The van der Waals surface area contributed by atoms with Crippen LogP contribution in [0.15, 0.2) is 64.9 Å². The van der Waals surface area contributed by atoms with Crippen molar-refractivity contribution in [3.63, 3.8) is 0 Å². The van der Waals surface area contributed by atoms with E-state index in [4.69, 9.17) is 4.99 Å². The van der Waals surface area contributed by atoms with Crippen molar-refractivity contribution >= 4 is 23.4 Å². The van der Waals surface area contributed by atoms with Crippen LogP contribution in [0.3, 0.4) is 0 Å². The minimum Gasteiger partial charge on any atom is -0.480 e. The lowest BCUT2D eigenvalue weighted by atomic mass is 9.87. The number of carboxylic acid groups (broad SMARTS) is 1. The number of carboxylic acids is 1. The van der Waals surface area contributed by atoms with E-state index in [9.17, 15) is 9.90 Å². The molecule has 1 unspecified atom stereocenters. The summed E-state index contributed by atoms with van der Waals surface area (Å²) in [5.74, 6) is 0.334. The van der Waals surface area contributed by atoms with Gasteiger partial charge < -0.3 is 10.4 Å². The molecular weight excluding hydrogens is 394 g/mol. The number of carbonyl (C=O) groups is 1. The van der Waals surface area contributed by atoms with Crippen molar-refractivity contribution < 1.29 is 9.90 Å². The molecule has 2 N–H and O–H groups in total. The van der Waals surface area contributed by atoms with Crippen molar-refractivity contribution in [2.45, 2.75) is 43.8 Å². The minimum atomic E-state index is -0.759. The zero-order valence-electron chi connectivity index (χ0n) is 17.5. The van der Waals surface area contributed by atoms with Crippen molar-refractivity contribution in [2.75, 3.05) is 25.1 Å². The molecule has 2 aliphatic heterocycles. The molecule has 160 valence electrons. The summed E-state index contributed by atoms with van der Waals surface area (Å²) in [5.41, 5.74) is 3.46. The van der Waals surface area contributed by atoms with Crippen LogP contribution < -0.4 is 5.32 Å². The minimum absolute atomic E-state index is 0.126. The SMILES string of the molecule is CSCC(C(=O)O)N(CC1=CC[C@@H]2CCC=CC2=N1)C[C@@H]1C=CC2=CC=CC[C@@H]2N1. The number of allylic oxidation sites excluding steroid dienone is 5. The highest BCUT2D eigenvalue weighted by Crippen LogP contribution is 2.27. The molecule has 0 saturated carbocycles. The number of thioether (sulfide) groups is 1. The standard InChI is InChI=1S/C24H31N3O2S/c1-30-16-23(24(28)29)27(14-19-12-10-17-6-2-4-8-21(17)25-19)15-20-13-11-18-7-3-5-9-22(18)26-20/h2,4-6,9-10,12-13,18-19,21,23,25H,3,7-8,11,14-16H2,1H3,(H,28,29)/t18-,19-,21-,23?/m0/s1. The third-order valence-electron chi connectivity index (χ3n) is 6.28. The molecule has 0 bridgehead atoms. The average molecular weight is 426 g/mol. The van der Waals surface area contributed by atoms with Crippen LogP contribution in [0.4, 0.5) is 0 Å². The third-order valence-corrected chi connectivity index (χ3v) is 6.93. The lowest BCUT2D eigenvalue weighted by molar-refractivity contribution is -0.142. The van der Waals surface area contributed by atoms with Crippen molar-refractivity contribution in [1.29, 1.82) is 0 Å². The molecule has 4 rings (SSSR count). The fraction of sp³-hybridized carbons (Fsp3) is 0.500. The Balaban J connectivity index is 1.51. The summed E-state index contributed by atoms with van der Waals surface area (Å²) >= 11 is 1.58. The van der Waals surface area contributed by atoms with Gasteiger partial charge in [-0.15, -0.1) is 0 Å². The van der Waals surface area contributed by atoms with Gasteiger partial charge in [-0.1, -0.05) is 42.5 Å². The Morgan fingerprint density at radius 2 is 2.27 bits per heavy atom. The van der Waals surface area contributed by atoms with Crippen LogP contribution in [0.5, 0.6) is 0 Å². The van der Waals surface area contributed by atoms with Gasteiger partial charge in [-0.3, -0.25) is 14.7 Å². The number of aliphatic imine (C=N–C) groups is 1. The van der Waals surface area contributed by atoms with Crippen LogP contribution in [0.2, 0.25) is 0 Å². The van der Waals surface area contributed by atoms with E-state index in [1.807, 2.05) is 6.26 Å². The molecule has 0 aromatic heterocycles. The van der Waals surface area contributed by atoms with Crippen LogP contribution in [0, 0.1) is 5.92 Å². The molecule has 0 fully saturated rings. The largest absolute Gasteiger partial charge is 0.480 e. The highest BCUT2D eigenvalue weighted by atomic mass is 32.2. The first-order valence-electron chi connectivity index (χ1n) is 10.8. The zero-order chi connectivity index (χ0) is 20.9. The molecule has 5 nitrogen and oxygen atoms in total. The first kappa shape index (κ1) is 21.3. The predicted octanol–water partition coefficient (Wildman–Crippen LogP) is 3.58. The number of aliphatic carboxylic acids is 1. The second-order valence-corrected chi connectivity index (χ2v) is 9.31. The third kappa shape index (κ3) is 5.05. The molecule has 6 heteroatoms. The van der Waals surface area contributed by atoms with Gasteiger partial charge in [0.05, 0.1) is 5.70 Å². The van der Waals surface area contributed by atoms with Crippen LogP contribution in [-0.4, -0.2) is 64.9 Å². The number of hydrogen-bond acceptors (Lipinski definition) is 5. The van der Waals surface area contributed by atoms with Gasteiger partial charge in [-0.2, -0.15) is 11.8 Å². The van der Waals surface area contributed by atoms with Crippen LogP contribution in [0.25, 0.3) is 0 Å². The monoisotopic (exact) mass is 425 g/mol. The molecule has 30 heavy (non-hydrogen) atoms. The summed E-state index contributed by atoms with van der Waals surface area (Å²) in [6.45, 7) is 1.23. The van der Waals surface area contributed by atoms with E-state index in [1.54, 1.807) is 11.8 Å². The summed E-state index contributed by atoms with van der Waals surface area (Å²) < 4.78 is 0. The zero-order valence-corrected chi connectivity index (χ0v) is 18.4. The quantitative estimate of drug-likeness (QED) is 0.622. The molecule has 4 atom stereocenters. The Morgan fingerprint density at radius 1 is 1.37 bits per heavy atom. The Kier molecular flexibility index (Phi) is 7.08. The highest BCUT2D eigenvalue weighted by Gasteiger charge is 2.31. The molecule has 0 saturated heterocycles. The Labute approximate surface area is 183 Å². The van der Waals surface area contributed by atoms with Gasteiger partial charge in [0.1, 0.15) is 6.04 Å². The Morgan fingerprint density at radius 3 is 3.10 bits per heavy atom. The molecule has 0 spiro atoms. The van der Waals surface area contributed by atoms with E-state index in [0.717, 1.165) is 37.1 Å². The molecule has 4 aliphatic rings. The average Bonchev–Trinajstić information content (AvgIpc) is 2.76. The normalized spacial score (nSPS) is 28.3. The van der Waals surface area contributed by atoms with Gasteiger partial charge in [0.2, 0.25) is 0 Å². The van der Waals surface area contributed by atoms with Crippen LogP contribution in [-0.2, 0) is 4.79 Å².